The van der Waals surface area contributed by atoms with Crippen molar-refractivity contribution in [1.82, 2.24) is 4.31 Å². The van der Waals surface area contributed by atoms with E-state index in [-0.39, 0.29) is 16.5 Å². The lowest BCUT2D eigenvalue weighted by Gasteiger charge is -2.32. The zero-order valence-electron chi connectivity index (χ0n) is 10.6. The van der Waals surface area contributed by atoms with Crippen LogP contribution in [0.3, 0.4) is 0 Å². The summed E-state index contributed by atoms with van der Waals surface area (Å²) in [7, 11) is -3.97. The number of rotatable bonds is 3. The topological polar surface area (TPSA) is 80.5 Å². The molecule has 1 heterocycles. The van der Waals surface area contributed by atoms with E-state index in [9.17, 15) is 17.6 Å². The van der Waals surface area contributed by atoms with Gasteiger partial charge in [0.15, 0.2) is 0 Å². The average molecular weight is 321 g/mol. The molecule has 1 atom stereocenters. The minimum atomic E-state index is -3.97. The van der Waals surface area contributed by atoms with Crippen molar-refractivity contribution in [2.45, 2.75) is 30.2 Å². The SMILES string of the molecule is NC(=O)C1CCCCN1S(=O)(=O)c1ccc(F)cc1Cl. The van der Waals surface area contributed by atoms with Gasteiger partial charge in [-0.05, 0) is 31.0 Å². The van der Waals surface area contributed by atoms with Gasteiger partial charge in [0.1, 0.15) is 16.8 Å². The lowest BCUT2D eigenvalue weighted by atomic mass is 10.0. The van der Waals surface area contributed by atoms with E-state index in [1.165, 1.54) is 0 Å². The normalized spacial score (nSPS) is 20.8. The summed E-state index contributed by atoms with van der Waals surface area (Å²) in [5.41, 5.74) is 5.26. The first-order chi connectivity index (χ1) is 9.34. The van der Waals surface area contributed by atoms with E-state index in [0.29, 0.717) is 12.8 Å². The van der Waals surface area contributed by atoms with E-state index in [0.717, 1.165) is 28.9 Å². The molecule has 1 aliphatic heterocycles. The molecule has 1 fully saturated rings. The Kier molecular flexibility index (Phi) is 4.31. The number of hydrogen-bond acceptors (Lipinski definition) is 3. The van der Waals surface area contributed by atoms with Crippen molar-refractivity contribution in [3.05, 3.63) is 29.0 Å². The molecule has 1 saturated heterocycles. The Labute approximate surface area is 121 Å². The molecule has 0 spiro atoms. The summed E-state index contributed by atoms with van der Waals surface area (Å²) in [5.74, 6) is -1.31. The second kappa shape index (κ2) is 5.67. The highest BCUT2D eigenvalue weighted by Gasteiger charge is 2.37. The van der Waals surface area contributed by atoms with Gasteiger partial charge < -0.3 is 5.73 Å². The number of piperidine rings is 1. The van der Waals surface area contributed by atoms with Crippen LogP contribution in [0.25, 0.3) is 0 Å². The fourth-order valence-corrected chi connectivity index (χ4v) is 4.46. The molecule has 8 heteroatoms. The Hall–Kier alpha value is -1.18. The van der Waals surface area contributed by atoms with E-state index in [1.54, 1.807) is 0 Å². The van der Waals surface area contributed by atoms with Crippen molar-refractivity contribution in [2.24, 2.45) is 5.73 Å². The zero-order valence-corrected chi connectivity index (χ0v) is 12.1. The summed E-state index contributed by atoms with van der Waals surface area (Å²) in [4.78, 5) is 11.2. The van der Waals surface area contributed by atoms with Crippen LogP contribution in [0.1, 0.15) is 19.3 Å². The molecule has 0 radical (unpaired) electrons. The number of primary amides is 1. The molecule has 20 heavy (non-hydrogen) atoms. The predicted molar refractivity (Wildman–Crippen MR) is 72.1 cm³/mol. The predicted octanol–water partition coefficient (Wildman–Crippen LogP) is 1.51. The largest absolute Gasteiger partial charge is 0.368 e. The van der Waals surface area contributed by atoms with E-state index in [4.69, 9.17) is 17.3 Å². The first-order valence-electron chi connectivity index (χ1n) is 6.10. The smallest absolute Gasteiger partial charge is 0.245 e. The molecule has 0 saturated carbocycles. The van der Waals surface area contributed by atoms with E-state index < -0.39 is 27.8 Å². The fourth-order valence-electron chi connectivity index (χ4n) is 2.29. The summed E-state index contributed by atoms with van der Waals surface area (Å²) in [5, 5.41) is -0.209. The van der Waals surface area contributed by atoms with Crippen molar-refractivity contribution in [1.29, 1.82) is 0 Å². The highest BCUT2D eigenvalue weighted by atomic mass is 35.5. The lowest BCUT2D eigenvalue weighted by molar-refractivity contribution is -0.122. The van der Waals surface area contributed by atoms with Crippen molar-refractivity contribution < 1.29 is 17.6 Å². The monoisotopic (exact) mass is 320 g/mol. The Morgan fingerprint density at radius 2 is 2.10 bits per heavy atom. The van der Waals surface area contributed by atoms with Gasteiger partial charge in [-0.15, -0.1) is 0 Å². The molecular weight excluding hydrogens is 307 g/mol. The first-order valence-corrected chi connectivity index (χ1v) is 7.92. The van der Waals surface area contributed by atoms with Gasteiger partial charge in [-0.25, -0.2) is 12.8 Å². The van der Waals surface area contributed by atoms with Crippen LogP contribution in [0, 0.1) is 5.82 Å². The van der Waals surface area contributed by atoms with Gasteiger partial charge in [-0.3, -0.25) is 4.79 Å². The Bertz CT molecular complexity index is 636. The van der Waals surface area contributed by atoms with Crippen molar-refractivity contribution in [3.63, 3.8) is 0 Å². The summed E-state index contributed by atoms with van der Waals surface area (Å²) in [6.45, 7) is 0.198. The average Bonchev–Trinajstić information content (AvgIpc) is 2.38. The van der Waals surface area contributed by atoms with E-state index >= 15 is 0 Å². The third-order valence-corrected chi connectivity index (χ3v) is 5.65. The minimum Gasteiger partial charge on any atom is -0.368 e. The van der Waals surface area contributed by atoms with Crippen molar-refractivity contribution in [2.75, 3.05) is 6.54 Å². The number of nitrogens with zero attached hydrogens (tertiary/aromatic N) is 1. The Morgan fingerprint density at radius 1 is 1.40 bits per heavy atom. The highest BCUT2D eigenvalue weighted by Crippen LogP contribution is 2.29. The number of hydrogen-bond donors (Lipinski definition) is 1. The number of amides is 1. The zero-order chi connectivity index (χ0) is 14.9. The number of halogens is 2. The van der Waals surface area contributed by atoms with Crippen LogP contribution in [0.4, 0.5) is 4.39 Å². The molecule has 1 amide bonds. The molecule has 110 valence electrons. The van der Waals surface area contributed by atoms with Gasteiger partial charge in [-0.2, -0.15) is 4.31 Å². The van der Waals surface area contributed by atoms with Crippen molar-refractivity contribution >= 4 is 27.5 Å². The van der Waals surface area contributed by atoms with Crippen LogP contribution in [0.5, 0.6) is 0 Å². The molecule has 0 aromatic heterocycles. The molecule has 1 unspecified atom stereocenters. The molecule has 2 N–H and O–H groups in total. The van der Waals surface area contributed by atoms with E-state index in [1.807, 2.05) is 0 Å². The summed E-state index contributed by atoms with van der Waals surface area (Å²) < 4.78 is 39.2. The maximum atomic E-state index is 13.0. The quantitative estimate of drug-likeness (QED) is 0.916. The van der Waals surface area contributed by atoms with Crippen LogP contribution in [-0.4, -0.2) is 31.2 Å². The Morgan fingerprint density at radius 3 is 2.70 bits per heavy atom. The minimum absolute atomic E-state index is 0.198. The molecule has 0 aliphatic carbocycles. The summed E-state index contributed by atoms with van der Waals surface area (Å²) in [6.07, 6.45) is 1.76. The molecule has 2 rings (SSSR count). The van der Waals surface area contributed by atoms with Gasteiger partial charge in [0.05, 0.1) is 5.02 Å². The second-order valence-corrected chi connectivity index (χ2v) is 6.87. The standard InChI is InChI=1S/C12H14ClFN2O3S/c13-9-7-8(14)4-5-11(9)20(18,19)16-6-2-1-3-10(16)12(15)17/h4-5,7,10H,1-3,6H2,(H2,15,17). The molecule has 1 aliphatic rings. The van der Waals surface area contributed by atoms with Gasteiger partial charge in [0.2, 0.25) is 15.9 Å². The molecule has 5 nitrogen and oxygen atoms in total. The fraction of sp³-hybridized carbons (Fsp3) is 0.417. The number of benzene rings is 1. The van der Waals surface area contributed by atoms with Crippen LogP contribution in [0.2, 0.25) is 5.02 Å². The third-order valence-electron chi connectivity index (χ3n) is 3.26. The van der Waals surface area contributed by atoms with Gasteiger partial charge in [0.25, 0.3) is 0 Å². The Balaban J connectivity index is 2.45. The number of carbonyl (C=O) groups excluding carboxylic acids is 1. The molecule has 1 aromatic carbocycles. The first kappa shape index (κ1) is 15.2. The highest BCUT2D eigenvalue weighted by molar-refractivity contribution is 7.89. The van der Waals surface area contributed by atoms with Gasteiger partial charge in [-0.1, -0.05) is 18.0 Å². The maximum absolute atomic E-state index is 13.0. The van der Waals surface area contributed by atoms with Crippen LogP contribution >= 0.6 is 11.6 Å². The van der Waals surface area contributed by atoms with Crippen LogP contribution < -0.4 is 5.73 Å². The molecule has 1 aromatic rings. The maximum Gasteiger partial charge on any atom is 0.245 e. The third kappa shape index (κ3) is 2.79. The number of carbonyl (C=O) groups is 1. The number of nitrogens with two attached hydrogens (primary N) is 1. The van der Waals surface area contributed by atoms with Crippen molar-refractivity contribution in [3.8, 4) is 0 Å². The lowest BCUT2D eigenvalue weighted by Crippen LogP contribution is -2.50. The van der Waals surface area contributed by atoms with Gasteiger partial charge in [0, 0.05) is 6.54 Å². The van der Waals surface area contributed by atoms with E-state index in [2.05, 4.69) is 0 Å². The number of sulfonamides is 1. The second-order valence-electron chi connectivity index (χ2n) is 4.60. The molecule has 0 bridgehead atoms. The summed E-state index contributed by atoms with van der Waals surface area (Å²) >= 11 is 5.80. The van der Waals surface area contributed by atoms with Crippen LogP contribution in [-0.2, 0) is 14.8 Å². The summed E-state index contributed by atoms with van der Waals surface area (Å²) in [6, 6.07) is 2.16. The van der Waals surface area contributed by atoms with Crippen LogP contribution in [0.15, 0.2) is 23.1 Å². The van der Waals surface area contributed by atoms with Gasteiger partial charge >= 0.3 is 0 Å². The molecular formula is C12H14ClFN2O3S.